The summed E-state index contributed by atoms with van der Waals surface area (Å²) in [5, 5.41) is 2.85. The van der Waals surface area contributed by atoms with Crippen molar-refractivity contribution in [1.82, 2.24) is 5.32 Å². The zero-order valence-electron chi connectivity index (χ0n) is 14.5. The number of hydrogen-bond acceptors (Lipinski definition) is 2. The summed E-state index contributed by atoms with van der Waals surface area (Å²) in [6, 6.07) is 5.35. The Morgan fingerprint density at radius 1 is 1.24 bits per heavy atom. The number of carbonyl (C=O) groups excluding carboxylic acids is 1. The standard InChI is InChI=1S/C18H25F3N2O.ClH/c1-17(2,13-6-4-7-14(10-13)18(19,20)21)11-23-16(24)9-12-5-3-8-15(12)22;/h4,6-7,10,12,15H,3,5,8-9,11,22H2,1-2H3,(H,23,24);1H/t12-,15+;/m0./s1. The average molecular weight is 379 g/mol. The van der Waals surface area contributed by atoms with Crippen LogP contribution >= 0.6 is 12.4 Å². The summed E-state index contributed by atoms with van der Waals surface area (Å²) in [5.74, 6) is 0.124. The Balaban J connectivity index is 0.00000312. The van der Waals surface area contributed by atoms with Crippen LogP contribution in [0.1, 0.15) is 50.7 Å². The molecule has 3 N–H and O–H groups in total. The van der Waals surface area contributed by atoms with Crippen LogP contribution in [-0.4, -0.2) is 18.5 Å². The Hall–Kier alpha value is -1.27. The van der Waals surface area contributed by atoms with Gasteiger partial charge < -0.3 is 11.1 Å². The van der Waals surface area contributed by atoms with Crippen molar-refractivity contribution in [2.75, 3.05) is 6.54 Å². The summed E-state index contributed by atoms with van der Waals surface area (Å²) in [6.07, 6.45) is -1.01. The summed E-state index contributed by atoms with van der Waals surface area (Å²) in [4.78, 5) is 12.1. The van der Waals surface area contributed by atoms with E-state index in [9.17, 15) is 18.0 Å². The molecule has 3 nitrogen and oxygen atoms in total. The maximum atomic E-state index is 12.9. The molecule has 1 aromatic carbocycles. The fourth-order valence-corrected chi connectivity index (χ4v) is 3.17. The van der Waals surface area contributed by atoms with Crippen LogP contribution in [0.4, 0.5) is 13.2 Å². The van der Waals surface area contributed by atoms with E-state index in [-0.39, 0.29) is 36.8 Å². The highest BCUT2D eigenvalue weighted by atomic mass is 35.5. The van der Waals surface area contributed by atoms with Gasteiger partial charge in [-0.2, -0.15) is 13.2 Å². The highest BCUT2D eigenvalue weighted by Crippen LogP contribution is 2.32. The lowest BCUT2D eigenvalue weighted by Crippen LogP contribution is -2.38. The van der Waals surface area contributed by atoms with Gasteiger partial charge >= 0.3 is 6.18 Å². The maximum Gasteiger partial charge on any atom is 0.416 e. The molecule has 25 heavy (non-hydrogen) atoms. The number of rotatable bonds is 5. The summed E-state index contributed by atoms with van der Waals surface area (Å²) < 4.78 is 38.6. The van der Waals surface area contributed by atoms with Gasteiger partial charge in [-0.15, -0.1) is 12.4 Å². The lowest BCUT2D eigenvalue weighted by atomic mass is 9.83. The van der Waals surface area contributed by atoms with Gasteiger partial charge in [0.15, 0.2) is 0 Å². The number of hydrogen-bond donors (Lipinski definition) is 2. The first-order valence-electron chi connectivity index (χ1n) is 8.29. The summed E-state index contributed by atoms with van der Waals surface area (Å²) in [5.41, 5.74) is 5.26. The number of nitrogens with one attached hydrogen (secondary N) is 1. The quantitative estimate of drug-likeness (QED) is 0.812. The molecule has 0 heterocycles. The van der Waals surface area contributed by atoms with Crippen molar-refractivity contribution in [3.8, 4) is 0 Å². The van der Waals surface area contributed by atoms with Gasteiger partial charge in [-0.25, -0.2) is 0 Å². The summed E-state index contributed by atoms with van der Waals surface area (Å²) in [6.45, 7) is 3.93. The van der Waals surface area contributed by atoms with E-state index in [4.69, 9.17) is 5.73 Å². The topological polar surface area (TPSA) is 55.1 Å². The molecular weight excluding hydrogens is 353 g/mol. The number of amides is 1. The molecule has 0 radical (unpaired) electrons. The Labute approximate surface area is 153 Å². The second-order valence-electron chi connectivity index (χ2n) is 7.30. The summed E-state index contributed by atoms with van der Waals surface area (Å²) in [7, 11) is 0. The van der Waals surface area contributed by atoms with Gasteiger partial charge in [0.1, 0.15) is 0 Å². The van der Waals surface area contributed by atoms with Crippen LogP contribution in [0.5, 0.6) is 0 Å². The molecule has 142 valence electrons. The molecule has 1 amide bonds. The van der Waals surface area contributed by atoms with Gasteiger partial charge in [-0.1, -0.05) is 38.5 Å². The first-order valence-corrected chi connectivity index (χ1v) is 8.29. The van der Waals surface area contributed by atoms with Crippen molar-refractivity contribution in [1.29, 1.82) is 0 Å². The maximum absolute atomic E-state index is 12.9. The van der Waals surface area contributed by atoms with Crippen molar-refractivity contribution in [3.63, 3.8) is 0 Å². The Morgan fingerprint density at radius 2 is 1.88 bits per heavy atom. The van der Waals surface area contributed by atoms with Crippen molar-refractivity contribution in [2.45, 2.75) is 57.2 Å². The van der Waals surface area contributed by atoms with E-state index in [0.29, 0.717) is 12.0 Å². The minimum atomic E-state index is -4.37. The molecule has 1 aliphatic rings. The normalized spacial score (nSPS) is 20.9. The van der Waals surface area contributed by atoms with Gasteiger partial charge in [0.05, 0.1) is 5.56 Å². The number of alkyl halides is 3. The largest absolute Gasteiger partial charge is 0.416 e. The lowest BCUT2D eigenvalue weighted by molar-refractivity contribution is -0.137. The van der Waals surface area contributed by atoms with E-state index in [1.807, 2.05) is 13.8 Å². The molecule has 1 fully saturated rings. The van der Waals surface area contributed by atoms with Crippen molar-refractivity contribution in [3.05, 3.63) is 35.4 Å². The van der Waals surface area contributed by atoms with Gasteiger partial charge in [0.2, 0.25) is 5.91 Å². The predicted molar refractivity (Wildman–Crippen MR) is 94.7 cm³/mol. The monoisotopic (exact) mass is 378 g/mol. The highest BCUT2D eigenvalue weighted by Gasteiger charge is 2.32. The fraction of sp³-hybridized carbons (Fsp3) is 0.611. The first-order chi connectivity index (χ1) is 11.1. The first kappa shape index (κ1) is 21.8. The van der Waals surface area contributed by atoms with Crippen LogP contribution in [-0.2, 0) is 16.4 Å². The molecule has 2 atom stereocenters. The molecule has 0 aromatic heterocycles. The average Bonchev–Trinajstić information content (AvgIpc) is 2.90. The fourth-order valence-electron chi connectivity index (χ4n) is 3.17. The smallest absolute Gasteiger partial charge is 0.355 e. The Morgan fingerprint density at radius 3 is 2.44 bits per heavy atom. The molecular formula is C18H26ClF3N2O. The third-order valence-corrected chi connectivity index (χ3v) is 4.86. The molecule has 0 bridgehead atoms. The van der Waals surface area contributed by atoms with Crippen LogP contribution in [0, 0.1) is 5.92 Å². The van der Waals surface area contributed by atoms with Gasteiger partial charge in [-0.05, 0) is 30.4 Å². The lowest BCUT2D eigenvalue weighted by Gasteiger charge is -2.27. The van der Waals surface area contributed by atoms with Crippen LogP contribution in [0.15, 0.2) is 24.3 Å². The molecule has 0 saturated heterocycles. The number of carbonyl (C=O) groups is 1. The highest BCUT2D eigenvalue weighted by molar-refractivity contribution is 5.85. The van der Waals surface area contributed by atoms with E-state index >= 15 is 0 Å². The SMILES string of the molecule is CC(C)(CNC(=O)C[C@@H]1CCC[C@H]1N)c1cccc(C(F)(F)F)c1.Cl. The molecule has 2 rings (SSSR count). The van der Waals surface area contributed by atoms with Crippen molar-refractivity contribution >= 4 is 18.3 Å². The van der Waals surface area contributed by atoms with Crippen LogP contribution in [0.2, 0.25) is 0 Å². The van der Waals surface area contributed by atoms with Crippen molar-refractivity contribution < 1.29 is 18.0 Å². The number of nitrogens with two attached hydrogens (primary N) is 1. The minimum absolute atomic E-state index is 0. The Kier molecular flexibility index (Phi) is 7.32. The number of halogens is 4. The third kappa shape index (κ3) is 5.89. The zero-order valence-corrected chi connectivity index (χ0v) is 15.3. The summed E-state index contributed by atoms with van der Waals surface area (Å²) >= 11 is 0. The van der Waals surface area contributed by atoms with E-state index < -0.39 is 17.2 Å². The molecule has 1 saturated carbocycles. The van der Waals surface area contributed by atoms with Gasteiger partial charge in [0.25, 0.3) is 0 Å². The van der Waals surface area contributed by atoms with E-state index in [1.54, 1.807) is 6.07 Å². The Bertz CT molecular complexity index is 590. The molecule has 1 aliphatic carbocycles. The third-order valence-electron chi connectivity index (χ3n) is 4.86. The van der Waals surface area contributed by atoms with Crippen LogP contribution in [0.25, 0.3) is 0 Å². The van der Waals surface area contributed by atoms with Crippen molar-refractivity contribution in [2.24, 2.45) is 11.7 Å². The zero-order chi connectivity index (χ0) is 18.0. The van der Waals surface area contributed by atoms with Gasteiger partial charge in [-0.3, -0.25) is 4.79 Å². The predicted octanol–water partition coefficient (Wildman–Crippen LogP) is 4.04. The molecule has 0 aliphatic heterocycles. The van der Waals surface area contributed by atoms with E-state index in [2.05, 4.69) is 5.32 Å². The molecule has 0 unspecified atom stereocenters. The molecule has 7 heteroatoms. The van der Waals surface area contributed by atoms with Crippen LogP contribution < -0.4 is 11.1 Å². The number of benzene rings is 1. The van der Waals surface area contributed by atoms with E-state index in [1.165, 1.54) is 6.07 Å². The van der Waals surface area contributed by atoms with Gasteiger partial charge in [0, 0.05) is 24.4 Å². The molecule has 1 aromatic rings. The second-order valence-corrected chi connectivity index (χ2v) is 7.30. The van der Waals surface area contributed by atoms with E-state index in [0.717, 1.165) is 31.4 Å². The second kappa shape index (κ2) is 8.41. The minimum Gasteiger partial charge on any atom is -0.355 e. The molecule has 0 spiro atoms. The van der Waals surface area contributed by atoms with Crippen LogP contribution in [0.3, 0.4) is 0 Å².